The molecule has 1 unspecified atom stereocenters. The number of nitrogens with zero attached hydrogens (tertiary/aromatic N) is 3. The number of halogens is 1. The van der Waals surface area contributed by atoms with Gasteiger partial charge in [-0.15, -0.1) is 0 Å². The van der Waals surface area contributed by atoms with E-state index in [4.69, 9.17) is 11.6 Å². The van der Waals surface area contributed by atoms with Crippen LogP contribution < -0.4 is 4.72 Å². The number of anilines is 1. The van der Waals surface area contributed by atoms with Gasteiger partial charge in [0.25, 0.3) is 10.0 Å². The second-order valence-corrected chi connectivity index (χ2v) is 14.8. The van der Waals surface area contributed by atoms with Gasteiger partial charge in [0.2, 0.25) is 5.95 Å². The molecule has 0 bridgehead atoms. The largest absolute Gasteiger partial charge is 0.391 e. The Balaban J connectivity index is 1.36. The van der Waals surface area contributed by atoms with Crippen molar-refractivity contribution in [3.8, 4) is 11.3 Å². The van der Waals surface area contributed by atoms with E-state index in [2.05, 4.69) is 45.6 Å². The standard InChI is InChI=1S/C36H43ClN4O3S/c1-24(2)18-31-29(16-17-41(23-33(31)42)22-27-12-6-5-7-13-27)19-28-14-9-15-30(20-28)45(43,44)40-36-38-32(21-34(37)39-36)35-25(3)10-8-11-26(35)4/h5-15,20-21,24,29,31,33,42H,16-19,22-23H2,1-4H3,(H,38,39,40)/t29?,31-,33-/m0/s1. The van der Waals surface area contributed by atoms with Crippen molar-refractivity contribution in [3.63, 3.8) is 0 Å². The highest BCUT2D eigenvalue weighted by molar-refractivity contribution is 7.92. The molecule has 4 aromatic rings. The lowest BCUT2D eigenvalue weighted by Gasteiger charge is -2.30. The fourth-order valence-electron chi connectivity index (χ4n) is 6.63. The number of sulfonamides is 1. The van der Waals surface area contributed by atoms with Gasteiger partial charge >= 0.3 is 0 Å². The lowest BCUT2D eigenvalue weighted by molar-refractivity contribution is 0.0494. The number of aliphatic hydroxyl groups is 1. The molecule has 238 valence electrons. The van der Waals surface area contributed by atoms with Gasteiger partial charge in [-0.25, -0.2) is 23.1 Å². The lowest BCUT2D eigenvalue weighted by Crippen LogP contribution is -2.35. The monoisotopic (exact) mass is 646 g/mol. The topological polar surface area (TPSA) is 95.4 Å². The fraction of sp³-hybridized carbons (Fsp3) is 0.389. The highest BCUT2D eigenvalue weighted by Crippen LogP contribution is 2.34. The number of β-amino-alcohol motifs (C(OH)–C–C–N with tert-alkyl or cyclic N) is 1. The molecule has 3 atom stereocenters. The summed E-state index contributed by atoms with van der Waals surface area (Å²) in [5, 5.41) is 11.6. The summed E-state index contributed by atoms with van der Waals surface area (Å²) in [6.07, 6.45) is 2.07. The van der Waals surface area contributed by atoms with Crippen LogP contribution in [0, 0.1) is 31.6 Å². The van der Waals surface area contributed by atoms with Gasteiger partial charge in [0.1, 0.15) is 5.15 Å². The van der Waals surface area contributed by atoms with E-state index in [1.165, 1.54) is 5.56 Å². The van der Waals surface area contributed by atoms with Gasteiger partial charge in [-0.1, -0.05) is 86.1 Å². The summed E-state index contributed by atoms with van der Waals surface area (Å²) in [6, 6.07) is 25.0. The maximum Gasteiger partial charge on any atom is 0.264 e. The highest BCUT2D eigenvalue weighted by atomic mass is 35.5. The van der Waals surface area contributed by atoms with Gasteiger partial charge in [-0.3, -0.25) is 4.90 Å². The van der Waals surface area contributed by atoms with Crippen molar-refractivity contribution < 1.29 is 13.5 Å². The van der Waals surface area contributed by atoms with Crippen LogP contribution in [0.25, 0.3) is 11.3 Å². The molecule has 3 aromatic carbocycles. The summed E-state index contributed by atoms with van der Waals surface area (Å²) in [5.74, 6) is 0.695. The molecule has 9 heteroatoms. The molecule has 0 amide bonds. The molecular weight excluding hydrogens is 604 g/mol. The Kier molecular flexibility index (Phi) is 10.6. The second-order valence-electron chi connectivity index (χ2n) is 12.8. The van der Waals surface area contributed by atoms with E-state index in [1.54, 1.807) is 24.3 Å². The van der Waals surface area contributed by atoms with E-state index in [-0.39, 0.29) is 27.8 Å². The molecule has 2 N–H and O–H groups in total. The second kappa shape index (κ2) is 14.4. The van der Waals surface area contributed by atoms with Crippen LogP contribution in [0.15, 0.2) is 83.8 Å². The van der Waals surface area contributed by atoms with Crippen LogP contribution in [0.1, 0.15) is 48.9 Å². The van der Waals surface area contributed by atoms with Gasteiger partial charge in [-0.05, 0) is 91.8 Å². The SMILES string of the molecule is Cc1cccc(C)c1-c1cc(Cl)nc(NS(=O)(=O)c2cccc(CC3CCN(Cc4ccccc4)C[C@H](O)[C@H]3CC(C)C)c2)n1. The Hall–Kier alpha value is -3.30. The Morgan fingerprint density at radius 2 is 1.64 bits per heavy atom. The maximum absolute atomic E-state index is 13.6. The summed E-state index contributed by atoms with van der Waals surface area (Å²) >= 11 is 6.33. The predicted octanol–water partition coefficient (Wildman–Crippen LogP) is 7.30. The molecule has 1 fully saturated rings. The van der Waals surface area contributed by atoms with Gasteiger partial charge < -0.3 is 5.11 Å². The number of hydrogen-bond donors (Lipinski definition) is 2. The van der Waals surface area contributed by atoms with Crippen molar-refractivity contribution in [1.29, 1.82) is 0 Å². The fourth-order valence-corrected chi connectivity index (χ4v) is 7.83. The van der Waals surface area contributed by atoms with E-state index in [0.717, 1.165) is 48.2 Å². The smallest absolute Gasteiger partial charge is 0.264 e. The molecule has 5 rings (SSSR count). The summed E-state index contributed by atoms with van der Waals surface area (Å²) in [5.41, 5.74) is 5.62. The van der Waals surface area contributed by atoms with E-state index in [9.17, 15) is 13.5 Å². The van der Waals surface area contributed by atoms with E-state index >= 15 is 0 Å². The van der Waals surface area contributed by atoms with Crippen molar-refractivity contribution in [3.05, 3.63) is 106 Å². The molecule has 2 heterocycles. The van der Waals surface area contributed by atoms with Crippen LogP contribution in [-0.2, 0) is 23.0 Å². The lowest BCUT2D eigenvalue weighted by atomic mass is 9.77. The third-order valence-electron chi connectivity index (χ3n) is 8.72. The van der Waals surface area contributed by atoms with E-state index in [1.807, 2.05) is 56.3 Å². The van der Waals surface area contributed by atoms with Crippen molar-refractivity contribution in [2.45, 2.75) is 64.5 Å². The van der Waals surface area contributed by atoms with Gasteiger partial charge in [0.15, 0.2) is 0 Å². The first-order chi connectivity index (χ1) is 21.5. The first-order valence-corrected chi connectivity index (χ1v) is 17.5. The van der Waals surface area contributed by atoms with Gasteiger partial charge in [0, 0.05) is 24.7 Å². The van der Waals surface area contributed by atoms with Gasteiger partial charge in [-0.2, -0.15) is 0 Å². The first-order valence-electron chi connectivity index (χ1n) is 15.7. The van der Waals surface area contributed by atoms with E-state index < -0.39 is 16.1 Å². The molecule has 1 aliphatic heterocycles. The average Bonchev–Trinajstić information content (AvgIpc) is 3.11. The van der Waals surface area contributed by atoms with Crippen LogP contribution in [0.2, 0.25) is 5.15 Å². The molecule has 7 nitrogen and oxygen atoms in total. The van der Waals surface area contributed by atoms with Crippen LogP contribution in [-0.4, -0.2) is 47.6 Å². The normalized spacial score (nSPS) is 19.4. The average molecular weight is 647 g/mol. The summed E-state index contributed by atoms with van der Waals surface area (Å²) in [7, 11) is -4.00. The number of aromatic nitrogens is 2. The number of nitrogens with one attached hydrogen (secondary N) is 1. The molecule has 0 saturated carbocycles. The number of likely N-dealkylation sites (tertiary alicyclic amines) is 1. The van der Waals surface area contributed by atoms with Crippen LogP contribution in [0.4, 0.5) is 5.95 Å². The molecule has 45 heavy (non-hydrogen) atoms. The van der Waals surface area contributed by atoms with Crippen LogP contribution >= 0.6 is 11.6 Å². The summed E-state index contributed by atoms with van der Waals surface area (Å²) < 4.78 is 29.7. The Labute approximate surface area is 272 Å². The Morgan fingerprint density at radius 1 is 0.956 bits per heavy atom. The minimum atomic E-state index is -4.00. The third-order valence-corrected chi connectivity index (χ3v) is 10.2. The van der Waals surface area contributed by atoms with Crippen molar-refractivity contribution in [2.24, 2.45) is 17.8 Å². The van der Waals surface area contributed by atoms with Crippen LogP contribution in [0.5, 0.6) is 0 Å². The number of rotatable bonds is 10. The Bertz CT molecular complexity index is 1690. The number of aryl methyl sites for hydroxylation is 2. The highest BCUT2D eigenvalue weighted by Gasteiger charge is 2.34. The maximum atomic E-state index is 13.6. The molecular formula is C36H43ClN4O3S. The van der Waals surface area contributed by atoms with Crippen LogP contribution in [0.3, 0.4) is 0 Å². The Morgan fingerprint density at radius 3 is 2.36 bits per heavy atom. The zero-order valence-electron chi connectivity index (χ0n) is 26.4. The van der Waals surface area contributed by atoms with Crippen molar-refractivity contribution >= 4 is 27.6 Å². The quantitative estimate of drug-likeness (QED) is 0.176. The number of hydrogen-bond acceptors (Lipinski definition) is 6. The molecule has 0 aliphatic carbocycles. The summed E-state index contributed by atoms with van der Waals surface area (Å²) in [6.45, 7) is 10.7. The zero-order chi connectivity index (χ0) is 32.1. The minimum absolute atomic E-state index is 0.0760. The first kappa shape index (κ1) is 33.1. The number of benzene rings is 3. The van der Waals surface area contributed by atoms with Crippen molar-refractivity contribution in [2.75, 3.05) is 17.8 Å². The van der Waals surface area contributed by atoms with Crippen molar-refractivity contribution in [1.82, 2.24) is 14.9 Å². The zero-order valence-corrected chi connectivity index (χ0v) is 28.0. The molecule has 0 radical (unpaired) electrons. The minimum Gasteiger partial charge on any atom is -0.391 e. The molecule has 1 aromatic heterocycles. The third kappa shape index (κ3) is 8.50. The van der Waals surface area contributed by atoms with Gasteiger partial charge in [0.05, 0.1) is 16.7 Å². The van der Waals surface area contributed by atoms with E-state index in [0.29, 0.717) is 24.6 Å². The molecule has 1 aliphatic rings. The molecule has 0 spiro atoms. The number of aliphatic hydroxyl groups excluding tert-OH is 1. The summed E-state index contributed by atoms with van der Waals surface area (Å²) in [4.78, 5) is 11.2. The predicted molar refractivity (Wildman–Crippen MR) is 182 cm³/mol. The molecule has 1 saturated heterocycles.